The molecular weight excluding hydrogens is 204 g/mol. The van der Waals surface area contributed by atoms with Crippen molar-refractivity contribution in [2.45, 2.75) is 32.2 Å². The van der Waals surface area contributed by atoms with Crippen LogP contribution in [0.3, 0.4) is 0 Å². The van der Waals surface area contributed by atoms with Gasteiger partial charge in [-0.2, -0.15) is 11.8 Å². The van der Waals surface area contributed by atoms with Gasteiger partial charge in [0.15, 0.2) is 0 Å². The summed E-state index contributed by atoms with van der Waals surface area (Å²) in [4.78, 5) is 2.56. The predicted molar refractivity (Wildman–Crippen MR) is 68.6 cm³/mol. The second-order valence-electron chi connectivity index (χ2n) is 4.85. The molecule has 15 heavy (non-hydrogen) atoms. The lowest BCUT2D eigenvalue weighted by atomic mass is 10.0. The highest BCUT2D eigenvalue weighted by Crippen LogP contribution is 2.23. The topological polar surface area (TPSA) is 15.3 Å². The maximum atomic E-state index is 3.77. The summed E-state index contributed by atoms with van der Waals surface area (Å²) in [5.74, 6) is 3.74. The van der Waals surface area contributed by atoms with Crippen molar-refractivity contribution >= 4 is 11.8 Å². The molecule has 0 spiro atoms. The van der Waals surface area contributed by atoms with E-state index >= 15 is 0 Å². The molecule has 2 saturated heterocycles. The second kappa shape index (κ2) is 6.12. The first-order valence-corrected chi connectivity index (χ1v) is 7.57. The fourth-order valence-electron chi connectivity index (χ4n) is 2.53. The van der Waals surface area contributed by atoms with Crippen LogP contribution in [0.2, 0.25) is 0 Å². The summed E-state index contributed by atoms with van der Waals surface area (Å²) in [6, 6.07) is 0.804. The lowest BCUT2D eigenvalue weighted by molar-refractivity contribution is 0.204. The summed E-state index contributed by atoms with van der Waals surface area (Å²) in [5, 5.41) is 3.77. The normalized spacial score (nSPS) is 29.8. The molecule has 0 radical (unpaired) electrons. The number of likely N-dealkylation sites (tertiary alicyclic amines) is 1. The Morgan fingerprint density at radius 3 is 2.67 bits per heavy atom. The minimum Gasteiger partial charge on any atom is -0.314 e. The van der Waals surface area contributed by atoms with Crippen molar-refractivity contribution in [2.75, 3.05) is 37.7 Å². The van der Waals surface area contributed by atoms with Crippen molar-refractivity contribution in [1.29, 1.82) is 0 Å². The molecule has 2 fully saturated rings. The molecule has 88 valence electrons. The highest BCUT2D eigenvalue weighted by molar-refractivity contribution is 7.99. The molecular formula is C12H24N2S. The first kappa shape index (κ1) is 11.7. The maximum Gasteiger partial charge on any atom is 0.00915 e. The van der Waals surface area contributed by atoms with E-state index in [-0.39, 0.29) is 0 Å². The van der Waals surface area contributed by atoms with Gasteiger partial charge in [-0.05, 0) is 62.9 Å². The average molecular weight is 228 g/mol. The van der Waals surface area contributed by atoms with Crippen LogP contribution in [0.1, 0.15) is 26.2 Å². The summed E-state index contributed by atoms with van der Waals surface area (Å²) in [5.41, 5.74) is 0. The molecule has 0 aliphatic carbocycles. The molecule has 0 aromatic rings. The van der Waals surface area contributed by atoms with Crippen LogP contribution in [0.5, 0.6) is 0 Å². The minimum absolute atomic E-state index is 0.804. The Hall–Kier alpha value is 0.270. The average Bonchev–Trinajstić information content (AvgIpc) is 2.80. The maximum absolute atomic E-state index is 3.77. The molecule has 1 N–H and O–H groups in total. The molecule has 1 unspecified atom stereocenters. The molecule has 2 nitrogen and oxygen atoms in total. The Kier molecular flexibility index (Phi) is 4.79. The number of hydrogen-bond acceptors (Lipinski definition) is 3. The Bertz CT molecular complexity index is 172. The van der Waals surface area contributed by atoms with Gasteiger partial charge in [-0.1, -0.05) is 6.92 Å². The zero-order valence-electron chi connectivity index (χ0n) is 9.87. The fraction of sp³-hybridized carbons (Fsp3) is 1.00. The van der Waals surface area contributed by atoms with Crippen LogP contribution in [0.15, 0.2) is 0 Å². The number of hydrogen-bond donors (Lipinski definition) is 1. The molecule has 2 aliphatic heterocycles. The molecule has 2 rings (SSSR count). The van der Waals surface area contributed by atoms with Gasteiger partial charge in [0.1, 0.15) is 0 Å². The van der Waals surface area contributed by atoms with Gasteiger partial charge < -0.3 is 10.2 Å². The number of nitrogens with zero attached hydrogens (tertiary/aromatic N) is 1. The Morgan fingerprint density at radius 1 is 1.27 bits per heavy atom. The number of nitrogens with one attached hydrogen (secondary N) is 1. The molecule has 1 atom stereocenters. The first-order valence-electron chi connectivity index (χ1n) is 6.42. The predicted octanol–water partition coefficient (Wildman–Crippen LogP) is 1.81. The summed E-state index contributed by atoms with van der Waals surface area (Å²) >= 11 is 2.12. The summed E-state index contributed by atoms with van der Waals surface area (Å²) in [6.45, 7) is 7.36. The lowest BCUT2D eigenvalue weighted by Gasteiger charge is -2.32. The van der Waals surface area contributed by atoms with Gasteiger partial charge in [-0.15, -0.1) is 0 Å². The second-order valence-corrected chi connectivity index (χ2v) is 6.00. The van der Waals surface area contributed by atoms with Crippen molar-refractivity contribution in [3.8, 4) is 0 Å². The van der Waals surface area contributed by atoms with Crippen LogP contribution in [0.25, 0.3) is 0 Å². The molecule has 0 amide bonds. The van der Waals surface area contributed by atoms with Crippen molar-refractivity contribution in [1.82, 2.24) is 10.2 Å². The van der Waals surface area contributed by atoms with Crippen LogP contribution < -0.4 is 5.32 Å². The third-order valence-corrected chi connectivity index (χ3v) is 4.99. The van der Waals surface area contributed by atoms with Crippen molar-refractivity contribution < 1.29 is 0 Å². The van der Waals surface area contributed by atoms with E-state index < -0.39 is 0 Å². The van der Waals surface area contributed by atoms with Crippen LogP contribution in [-0.4, -0.2) is 48.6 Å². The van der Waals surface area contributed by atoms with Crippen LogP contribution >= 0.6 is 11.8 Å². The quantitative estimate of drug-likeness (QED) is 0.790. The highest BCUT2D eigenvalue weighted by atomic mass is 32.2. The van der Waals surface area contributed by atoms with Crippen LogP contribution in [0, 0.1) is 5.92 Å². The zero-order valence-corrected chi connectivity index (χ0v) is 10.7. The zero-order chi connectivity index (χ0) is 10.5. The van der Waals surface area contributed by atoms with Gasteiger partial charge in [0, 0.05) is 6.04 Å². The monoisotopic (exact) mass is 228 g/mol. The smallest absolute Gasteiger partial charge is 0.00915 e. The molecule has 0 aromatic heterocycles. The van der Waals surface area contributed by atoms with Gasteiger partial charge in [-0.3, -0.25) is 0 Å². The Balaban J connectivity index is 1.59. The largest absolute Gasteiger partial charge is 0.314 e. The SMILES string of the molecule is CCN1CCC(NCC2CCSC2)CC1. The van der Waals surface area contributed by atoms with E-state index in [0.29, 0.717) is 0 Å². The molecule has 2 heterocycles. The summed E-state index contributed by atoms with van der Waals surface area (Å²) in [6.07, 6.45) is 4.15. The summed E-state index contributed by atoms with van der Waals surface area (Å²) < 4.78 is 0. The highest BCUT2D eigenvalue weighted by Gasteiger charge is 2.20. The number of rotatable bonds is 4. The van der Waals surface area contributed by atoms with E-state index in [1.807, 2.05) is 0 Å². The van der Waals surface area contributed by atoms with Gasteiger partial charge >= 0.3 is 0 Å². The van der Waals surface area contributed by atoms with Gasteiger partial charge in [0.05, 0.1) is 0 Å². The lowest BCUT2D eigenvalue weighted by Crippen LogP contribution is -2.43. The fourth-order valence-corrected chi connectivity index (χ4v) is 3.82. The minimum atomic E-state index is 0.804. The van der Waals surface area contributed by atoms with Gasteiger partial charge in [0.2, 0.25) is 0 Å². The number of thioether (sulfide) groups is 1. The number of piperidine rings is 1. The van der Waals surface area contributed by atoms with E-state index in [1.165, 1.54) is 56.9 Å². The third kappa shape index (κ3) is 3.65. The van der Waals surface area contributed by atoms with Crippen molar-refractivity contribution in [3.63, 3.8) is 0 Å². The first-order chi connectivity index (χ1) is 7.38. The Labute approximate surface area is 98.2 Å². The molecule has 3 heteroatoms. The molecule has 0 saturated carbocycles. The van der Waals surface area contributed by atoms with Crippen LogP contribution in [0.4, 0.5) is 0 Å². The third-order valence-electron chi connectivity index (χ3n) is 3.75. The molecule has 0 bridgehead atoms. The van der Waals surface area contributed by atoms with Crippen molar-refractivity contribution in [3.05, 3.63) is 0 Å². The van der Waals surface area contributed by atoms with Gasteiger partial charge in [0.25, 0.3) is 0 Å². The van der Waals surface area contributed by atoms with Crippen molar-refractivity contribution in [2.24, 2.45) is 5.92 Å². The molecule has 0 aromatic carbocycles. The Morgan fingerprint density at radius 2 is 2.07 bits per heavy atom. The summed E-state index contributed by atoms with van der Waals surface area (Å²) in [7, 11) is 0. The standard InChI is InChI=1S/C12H24N2S/c1-2-14-6-3-12(4-7-14)13-9-11-5-8-15-10-11/h11-13H,2-10H2,1H3. The van der Waals surface area contributed by atoms with Crippen LogP contribution in [-0.2, 0) is 0 Å². The van der Waals surface area contributed by atoms with Gasteiger partial charge in [-0.25, -0.2) is 0 Å². The van der Waals surface area contributed by atoms with E-state index in [9.17, 15) is 0 Å². The van der Waals surface area contributed by atoms with E-state index in [1.54, 1.807) is 0 Å². The van der Waals surface area contributed by atoms with E-state index in [2.05, 4.69) is 28.9 Å². The van der Waals surface area contributed by atoms with E-state index in [4.69, 9.17) is 0 Å². The van der Waals surface area contributed by atoms with E-state index in [0.717, 1.165) is 12.0 Å². The molecule has 2 aliphatic rings.